The van der Waals surface area contributed by atoms with Crippen LogP contribution in [0.2, 0.25) is 0 Å². The minimum Gasteiger partial charge on any atom is -0.493 e. The van der Waals surface area contributed by atoms with Crippen LogP contribution < -0.4 is 9.47 Å². The molecule has 0 N–H and O–H groups in total. The molecule has 0 spiro atoms. The number of thioether (sulfide) groups is 1. The van der Waals surface area contributed by atoms with Crippen LogP contribution in [-0.2, 0) is 22.6 Å². The Balaban J connectivity index is 1.49. The van der Waals surface area contributed by atoms with Crippen LogP contribution >= 0.6 is 11.8 Å². The third kappa shape index (κ3) is 4.16. The number of hydrogen-bond donors (Lipinski definition) is 0. The summed E-state index contributed by atoms with van der Waals surface area (Å²) in [7, 11) is 3.04. The zero-order valence-corrected chi connectivity index (χ0v) is 18.1. The van der Waals surface area contributed by atoms with Crippen LogP contribution in [-0.4, -0.2) is 54.2 Å². The molecular weight excluding hydrogens is 416 g/mol. The highest BCUT2D eigenvalue weighted by Gasteiger charge is 2.37. The van der Waals surface area contributed by atoms with Crippen molar-refractivity contribution in [1.29, 1.82) is 0 Å². The van der Waals surface area contributed by atoms with Crippen molar-refractivity contribution in [2.75, 3.05) is 27.3 Å². The third-order valence-corrected chi connectivity index (χ3v) is 6.28. The molecule has 0 aliphatic carbocycles. The summed E-state index contributed by atoms with van der Waals surface area (Å²) < 4.78 is 10.7. The summed E-state index contributed by atoms with van der Waals surface area (Å²) in [5.74, 6) is 0.276. The standard InChI is InChI=1S/C23H22N2O5S/c1-29-18-9-5-8-16(21(18)30-2)12-19-22(27)25(23(28)31-19)14-20(26)24-11-10-15-6-3-4-7-17(15)13-24/h3-9,12H,10-11,13-14H2,1-2H3/b19-12-. The lowest BCUT2D eigenvalue weighted by Gasteiger charge is -2.29. The van der Waals surface area contributed by atoms with Crippen molar-refractivity contribution in [3.8, 4) is 11.5 Å². The molecule has 160 valence electrons. The lowest BCUT2D eigenvalue weighted by molar-refractivity contribution is -0.136. The summed E-state index contributed by atoms with van der Waals surface area (Å²) in [5.41, 5.74) is 2.94. The summed E-state index contributed by atoms with van der Waals surface area (Å²) in [6.07, 6.45) is 2.35. The molecule has 7 nitrogen and oxygen atoms in total. The van der Waals surface area contributed by atoms with E-state index in [9.17, 15) is 14.4 Å². The van der Waals surface area contributed by atoms with Crippen molar-refractivity contribution in [2.45, 2.75) is 13.0 Å². The number of amides is 3. The number of rotatable bonds is 5. The molecule has 0 aromatic heterocycles. The van der Waals surface area contributed by atoms with E-state index in [2.05, 4.69) is 6.07 Å². The first-order chi connectivity index (χ1) is 15.0. The van der Waals surface area contributed by atoms with Gasteiger partial charge in [0.25, 0.3) is 11.1 Å². The average molecular weight is 439 g/mol. The van der Waals surface area contributed by atoms with Crippen molar-refractivity contribution < 1.29 is 23.9 Å². The average Bonchev–Trinajstić information content (AvgIpc) is 3.05. The molecule has 1 saturated heterocycles. The van der Waals surface area contributed by atoms with Crippen LogP contribution in [0.4, 0.5) is 4.79 Å². The third-order valence-electron chi connectivity index (χ3n) is 5.37. The lowest BCUT2D eigenvalue weighted by atomic mass is 10.00. The van der Waals surface area contributed by atoms with Crippen molar-refractivity contribution in [3.05, 3.63) is 64.1 Å². The van der Waals surface area contributed by atoms with E-state index in [1.807, 2.05) is 18.2 Å². The molecule has 2 aliphatic rings. The van der Waals surface area contributed by atoms with Gasteiger partial charge >= 0.3 is 0 Å². The number of fused-ring (bicyclic) bond motifs is 1. The van der Waals surface area contributed by atoms with Gasteiger partial charge in [-0.15, -0.1) is 0 Å². The lowest BCUT2D eigenvalue weighted by Crippen LogP contribution is -2.44. The fourth-order valence-electron chi connectivity index (χ4n) is 3.75. The predicted molar refractivity (Wildman–Crippen MR) is 118 cm³/mol. The molecule has 0 radical (unpaired) electrons. The molecule has 2 aromatic carbocycles. The first kappa shape index (κ1) is 21.0. The number of methoxy groups -OCH3 is 2. The molecule has 0 atom stereocenters. The van der Waals surface area contributed by atoms with E-state index in [1.165, 1.54) is 19.8 Å². The van der Waals surface area contributed by atoms with Crippen LogP contribution in [0.15, 0.2) is 47.4 Å². The Morgan fingerprint density at radius 2 is 1.84 bits per heavy atom. The first-order valence-electron chi connectivity index (χ1n) is 9.82. The fraction of sp³-hybridized carbons (Fsp3) is 0.261. The number of para-hydroxylation sites is 1. The van der Waals surface area contributed by atoms with Crippen LogP contribution in [0, 0.1) is 0 Å². The van der Waals surface area contributed by atoms with E-state index in [-0.39, 0.29) is 17.4 Å². The molecule has 0 unspecified atom stereocenters. The van der Waals surface area contributed by atoms with Gasteiger partial charge in [-0.1, -0.05) is 36.4 Å². The van der Waals surface area contributed by atoms with E-state index in [0.717, 1.165) is 28.6 Å². The zero-order chi connectivity index (χ0) is 22.0. The summed E-state index contributed by atoms with van der Waals surface area (Å²) in [4.78, 5) is 41.1. The minimum atomic E-state index is -0.481. The summed E-state index contributed by atoms with van der Waals surface area (Å²) in [6.45, 7) is 0.796. The van der Waals surface area contributed by atoms with Gasteiger partial charge in [-0.05, 0) is 41.5 Å². The second-order valence-corrected chi connectivity index (χ2v) is 8.18. The van der Waals surface area contributed by atoms with Gasteiger partial charge in [0.05, 0.1) is 19.1 Å². The molecule has 31 heavy (non-hydrogen) atoms. The highest BCUT2D eigenvalue weighted by molar-refractivity contribution is 8.18. The van der Waals surface area contributed by atoms with E-state index in [0.29, 0.717) is 30.2 Å². The smallest absolute Gasteiger partial charge is 0.294 e. The molecule has 2 aliphatic heterocycles. The highest BCUT2D eigenvalue weighted by Crippen LogP contribution is 2.37. The maximum Gasteiger partial charge on any atom is 0.294 e. The van der Waals surface area contributed by atoms with E-state index in [4.69, 9.17) is 9.47 Å². The quantitative estimate of drug-likeness (QED) is 0.667. The van der Waals surface area contributed by atoms with E-state index in [1.54, 1.807) is 29.2 Å². The van der Waals surface area contributed by atoms with E-state index < -0.39 is 11.1 Å². The summed E-state index contributed by atoms with van der Waals surface area (Å²) >= 11 is 0.818. The molecule has 2 aromatic rings. The molecule has 0 bridgehead atoms. The van der Waals surface area contributed by atoms with Crippen molar-refractivity contribution in [3.63, 3.8) is 0 Å². The molecule has 1 fully saturated rings. The Kier molecular flexibility index (Phi) is 5.99. The fourth-order valence-corrected chi connectivity index (χ4v) is 4.58. The highest BCUT2D eigenvalue weighted by atomic mass is 32.2. The number of carbonyl (C=O) groups is 3. The minimum absolute atomic E-state index is 0.239. The Labute approximate surface area is 184 Å². The number of benzene rings is 2. The van der Waals surface area contributed by atoms with Gasteiger partial charge in [-0.2, -0.15) is 0 Å². The number of hydrogen-bond acceptors (Lipinski definition) is 6. The monoisotopic (exact) mass is 438 g/mol. The van der Waals surface area contributed by atoms with Crippen LogP contribution in [0.3, 0.4) is 0 Å². The van der Waals surface area contributed by atoms with Gasteiger partial charge in [0.2, 0.25) is 5.91 Å². The van der Waals surface area contributed by atoms with Gasteiger partial charge in [0.15, 0.2) is 11.5 Å². The van der Waals surface area contributed by atoms with Gasteiger partial charge in [-0.3, -0.25) is 19.3 Å². The zero-order valence-electron chi connectivity index (χ0n) is 17.3. The molecule has 0 saturated carbocycles. The van der Waals surface area contributed by atoms with Gasteiger partial charge in [-0.25, -0.2) is 0 Å². The normalized spacial score (nSPS) is 17.2. The second-order valence-electron chi connectivity index (χ2n) is 7.18. The summed E-state index contributed by atoms with van der Waals surface area (Å²) in [6, 6.07) is 13.3. The predicted octanol–water partition coefficient (Wildman–Crippen LogP) is 3.33. The van der Waals surface area contributed by atoms with Crippen LogP contribution in [0.25, 0.3) is 6.08 Å². The Bertz CT molecular complexity index is 1080. The van der Waals surface area contributed by atoms with E-state index >= 15 is 0 Å². The number of ether oxygens (including phenoxy) is 2. The molecule has 4 rings (SSSR count). The topological polar surface area (TPSA) is 76.2 Å². The van der Waals surface area contributed by atoms with Gasteiger partial charge in [0.1, 0.15) is 6.54 Å². The number of nitrogens with zero attached hydrogens (tertiary/aromatic N) is 2. The Morgan fingerprint density at radius 1 is 1.06 bits per heavy atom. The maximum absolute atomic E-state index is 12.9. The largest absolute Gasteiger partial charge is 0.493 e. The molecular formula is C23H22N2O5S. The maximum atomic E-state index is 12.9. The Hall–Kier alpha value is -3.26. The molecule has 8 heteroatoms. The summed E-state index contributed by atoms with van der Waals surface area (Å²) in [5, 5.41) is -0.455. The van der Waals surface area contributed by atoms with Crippen LogP contribution in [0.5, 0.6) is 11.5 Å². The molecule has 2 heterocycles. The van der Waals surface area contributed by atoms with Gasteiger partial charge < -0.3 is 14.4 Å². The van der Waals surface area contributed by atoms with Crippen molar-refractivity contribution in [1.82, 2.24) is 9.80 Å². The first-order valence-corrected chi connectivity index (χ1v) is 10.6. The van der Waals surface area contributed by atoms with Crippen LogP contribution in [0.1, 0.15) is 16.7 Å². The van der Waals surface area contributed by atoms with Crippen molar-refractivity contribution >= 4 is 34.9 Å². The number of carbonyl (C=O) groups excluding carboxylic acids is 3. The molecule has 3 amide bonds. The number of imide groups is 1. The Morgan fingerprint density at radius 3 is 2.58 bits per heavy atom. The van der Waals surface area contributed by atoms with Crippen molar-refractivity contribution in [2.24, 2.45) is 0 Å². The van der Waals surface area contributed by atoms with Gasteiger partial charge in [0, 0.05) is 18.7 Å². The second kappa shape index (κ2) is 8.85. The SMILES string of the molecule is COc1cccc(/C=C2\SC(=O)N(CC(=O)N3CCc4ccccc4C3)C2=O)c1OC.